The zero-order valence-electron chi connectivity index (χ0n) is 11.2. The molecule has 2 fully saturated rings. The van der Waals surface area contributed by atoms with Gasteiger partial charge in [0, 0.05) is 19.1 Å². The fourth-order valence-electron chi connectivity index (χ4n) is 3.36. The molecule has 1 saturated carbocycles. The van der Waals surface area contributed by atoms with Gasteiger partial charge >= 0.3 is 6.09 Å². The third-order valence-corrected chi connectivity index (χ3v) is 4.50. The third kappa shape index (κ3) is 2.52. The minimum atomic E-state index is -0.802. The van der Waals surface area contributed by atoms with Crippen LogP contribution in [0.15, 0.2) is 6.07 Å². The fourth-order valence-corrected chi connectivity index (χ4v) is 3.56. The molecule has 0 spiro atoms. The predicted octanol–water partition coefficient (Wildman–Crippen LogP) is 2.24. The maximum Gasteiger partial charge on any atom is 0.407 e. The molecule has 7 heteroatoms. The Hall–Kier alpha value is -1.56. The monoisotopic (exact) mass is 296 g/mol. The number of rotatable bonds is 2. The first-order valence-corrected chi connectivity index (χ1v) is 7.15. The van der Waals surface area contributed by atoms with E-state index in [-0.39, 0.29) is 0 Å². The van der Waals surface area contributed by atoms with E-state index in [9.17, 15) is 4.79 Å². The van der Waals surface area contributed by atoms with E-state index in [1.807, 2.05) is 6.92 Å². The van der Waals surface area contributed by atoms with Gasteiger partial charge in [-0.1, -0.05) is 11.6 Å². The first kappa shape index (κ1) is 13.4. The number of aryl methyl sites for hydroxylation is 1. The lowest BCUT2D eigenvalue weighted by atomic mass is 10.0. The SMILES string of the molecule is Cc1cc(Cl)nnc1N[C@@H]1C[C@@H]2CN(C(=O)O)C[C@@H]2C1. The van der Waals surface area contributed by atoms with Crippen molar-refractivity contribution in [2.45, 2.75) is 25.8 Å². The summed E-state index contributed by atoms with van der Waals surface area (Å²) in [6.45, 7) is 3.26. The van der Waals surface area contributed by atoms with Crippen LogP contribution in [0.1, 0.15) is 18.4 Å². The van der Waals surface area contributed by atoms with Crippen LogP contribution in [-0.4, -0.2) is 45.4 Å². The fraction of sp³-hybridized carbons (Fsp3) is 0.615. The number of carboxylic acid groups (broad SMARTS) is 1. The highest BCUT2D eigenvalue weighted by atomic mass is 35.5. The average molecular weight is 297 g/mol. The predicted molar refractivity (Wildman–Crippen MR) is 75.0 cm³/mol. The van der Waals surface area contributed by atoms with Gasteiger partial charge in [0.1, 0.15) is 0 Å². The lowest BCUT2D eigenvalue weighted by Gasteiger charge is -2.18. The molecule has 6 nitrogen and oxygen atoms in total. The summed E-state index contributed by atoms with van der Waals surface area (Å²) in [5.74, 6) is 1.70. The number of halogens is 1. The molecule has 1 aromatic heterocycles. The van der Waals surface area contributed by atoms with Crippen molar-refractivity contribution >= 4 is 23.5 Å². The summed E-state index contributed by atoms with van der Waals surface area (Å²) in [6.07, 6.45) is 1.17. The van der Waals surface area contributed by atoms with E-state index in [1.165, 1.54) is 4.90 Å². The molecule has 0 unspecified atom stereocenters. The summed E-state index contributed by atoms with van der Waals surface area (Å²) in [6, 6.07) is 2.13. The van der Waals surface area contributed by atoms with E-state index < -0.39 is 6.09 Å². The van der Waals surface area contributed by atoms with E-state index >= 15 is 0 Å². The summed E-state index contributed by atoms with van der Waals surface area (Å²) in [5, 5.41) is 20.8. The van der Waals surface area contributed by atoms with Gasteiger partial charge < -0.3 is 15.3 Å². The lowest BCUT2D eigenvalue weighted by Crippen LogP contribution is -2.29. The zero-order chi connectivity index (χ0) is 14.3. The summed E-state index contributed by atoms with van der Waals surface area (Å²) in [4.78, 5) is 12.5. The largest absolute Gasteiger partial charge is 0.465 e. The zero-order valence-corrected chi connectivity index (χ0v) is 12.0. The molecule has 0 radical (unpaired) electrons. The lowest BCUT2D eigenvalue weighted by molar-refractivity contribution is 0.152. The van der Waals surface area contributed by atoms with E-state index in [0.717, 1.165) is 24.2 Å². The number of carbonyl (C=O) groups is 1. The molecule has 20 heavy (non-hydrogen) atoms. The van der Waals surface area contributed by atoms with Crippen molar-refractivity contribution in [1.29, 1.82) is 0 Å². The first-order chi connectivity index (χ1) is 9.52. The van der Waals surface area contributed by atoms with E-state index in [0.29, 0.717) is 36.1 Å². The van der Waals surface area contributed by atoms with Crippen LogP contribution in [-0.2, 0) is 0 Å². The van der Waals surface area contributed by atoms with Crippen molar-refractivity contribution in [1.82, 2.24) is 15.1 Å². The van der Waals surface area contributed by atoms with Crippen molar-refractivity contribution in [2.24, 2.45) is 11.8 Å². The van der Waals surface area contributed by atoms with Crippen molar-refractivity contribution in [3.05, 3.63) is 16.8 Å². The molecule has 1 aromatic rings. The van der Waals surface area contributed by atoms with Crippen molar-refractivity contribution < 1.29 is 9.90 Å². The van der Waals surface area contributed by atoms with Crippen molar-refractivity contribution in [3.8, 4) is 0 Å². The van der Waals surface area contributed by atoms with Gasteiger partial charge in [0.05, 0.1) is 0 Å². The second-order valence-electron chi connectivity index (χ2n) is 5.72. The number of amides is 1. The summed E-state index contributed by atoms with van der Waals surface area (Å²) < 4.78 is 0. The number of hydrogen-bond donors (Lipinski definition) is 2. The van der Waals surface area contributed by atoms with Crippen LogP contribution in [0.5, 0.6) is 0 Å². The molecule has 0 bridgehead atoms. The number of nitrogens with one attached hydrogen (secondary N) is 1. The summed E-state index contributed by atoms with van der Waals surface area (Å²) in [7, 11) is 0. The number of nitrogens with zero attached hydrogens (tertiary/aromatic N) is 3. The van der Waals surface area contributed by atoms with Crippen molar-refractivity contribution in [2.75, 3.05) is 18.4 Å². The van der Waals surface area contributed by atoms with Gasteiger partial charge in [-0.15, -0.1) is 10.2 Å². The third-order valence-electron chi connectivity index (χ3n) is 4.32. The maximum absolute atomic E-state index is 11.0. The molecular weight excluding hydrogens is 280 g/mol. The van der Waals surface area contributed by atoms with Crippen LogP contribution in [0.4, 0.5) is 10.6 Å². The number of likely N-dealkylation sites (tertiary alicyclic amines) is 1. The Morgan fingerprint density at radius 3 is 2.60 bits per heavy atom. The van der Waals surface area contributed by atoms with Gasteiger partial charge in [-0.05, 0) is 43.2 Å². The highest BCUT2D eigenvalue weighted by molar-refractivity contribution is 6.29. The summed E-state index contributed by atoms with van der Waals surface area (Å²) >= 11 is 5.79. The number of anilines is 1. The normalized spacial score (nSPS) is 28.5. The highest BCUT2D eigenvalue weighted by Gasteiger charge is 2.42. The van der Waals surface area contributed by atoms with E-state index in [4.69, 9.17) is 16.7 Å². The molecule has 2 N–H and O–H groups in total. The van der Waals surface area contributed by atoms with E-state index in [2.05, 4.69) is 15.5 Å². The standard InChI is InChI=1S/C13H17ClN4O2/c1-7-2-11(14)16-17-12(7)15-10-3-8-5-18(13(19)20)6-9(8)4-10/h2,8-10H,3-6H2,1H3,(H,15,17)(H,19,20)/t8-,9+,10-. The first-order valence-electron chi connectivity index (χ1n) is 6.77. The minimum Gasteiger partial charge on any atom is -0.465 e. The van der Waals surface area contributed by atoms with Crippen LogP contribution >= 0.6 is 11.6 Å². The minimum absolute atomic E-state index is 0.343. The second kappa shape index (κ2) is 5.09. The van der Waals surface area contributed by atoms with Gasteiger partial charge in [-0.2, -0.15) is 0 Å². The molecular formula is C13H17ClN4O2. The molecule has 0 aromatic carbocycles. The number of hydrogen-bond acceptors (Lipinski definition) is 4. The van der Waals surface area contributed by atoms with E-state index in [1.54, 1.807) is 6.07 Å². The Morgan fingerprint density at radius 1 is 1.40 bits per heavy atom. The second-order valence-corrected chi connectivity index (χ2v) is 6.11. The van der Waals surface area contributed by atoms with Gasteiger partial charge in [0.25, 0.3) is 0 Å². The number of fused-ring (bicyclic) bond motifs is 1. The Balaban J connectivity index is 1.61. The molecule has 2 aliphatic rings. The summed E-state index contributed by atoms with van der Waals surface area (Å²) in [5.41, 5.74) is 0.981. The van der Waals surface area contributed by atoms with Gasteiger partial charge in [-0.3, -0.25) is 0 Å². The maximum atomic E-state index is 11.0. The average Bonchev–Trinajstić information content (AvgIpc) is 2.90. The Kier molecular flexibility index (Phi) is 3.41. The van der Waals surface area contributed by atoms with Crippen LogP contribution in [0.25, 0.3) is 0 Å². The highest BCUT2D eigenvalue weighted by Crippen LogP contribution is 2.39. The molecule has 1 saturated heterocycles. The molecule has 1 aliphatic heterocycles. The van der Waals surface area contributed by atoms with Crippen LogP contribution in [0.2, 0.25) is 5.15 Å². The smallest absolute Gasteiger partial charge is 0.407 e. The van der Waals surface area contributed by atoms with Gasteiger partial charge in [0.2, 0.25) is 0 Å². The quantitative estimate of drug-likeness (QED) is 0.875. The van der Waals surface area contributed by atoms with Gasteiger partial charge in [0.15, 0.2) is 11.0 Å². The molecule has 1 amide bonds. The molecule has 3 atom stereocenters. The molecule has 3 rings (SSSR count). The van der Waals surface area contributed by atoms with Crippen LogP contribution < -0.4 is 5.32 Å². The number of aromatic nitrogens is 2. The van der Waals surface area contributed by atoms with Crippen molar-refractivity contribution in [3.63, 3.8) is 0 Å². The Labute approximate surface area is 122 Å². The Bertz CT molecular complexity index is 525. The molecule has 108 valence electrons. The topological polar surface area (TPSA) is 78.4 Å². The molecule has 1 aliphatic carbocycles. The van der Waals surface area contributed by atoms with Crippen LogP contribution in [0, 0.1) is 18.8 Å². The van der Waals surface area contributed by atoms with Crippen LogP contribution in [0.3, 0.4) is 0 Å². The molecule has 2 heterocycles. The Morgan fingerprint density at radius 2 is 2.05 bits per heavy atom. The van der Waals surface area contributed by atoms with Gasteiger partial charge in [-0.25, -0.2) is 4.79 Å².